The van der Waals surface area contributed by atoms with Crippen molar-refractivity contribution in [3.63, 3.8) is 0 Å². The molecule has 2 atom stereocenters. The van der Waals surface area contributed by atoms with Crippen molar-refractivity contribution in [1.82, 2.24) is 25.1 Å². The van der Waals surface area contributed by atoms with Gasteiger partial charge < -0.3 is 15.5 Å². The third-order valence-electron chi connectivity index (χ3n) is 4.21. The van der Waals surface area contributed by atoms with Crippen molar-refractivity contribution < 1.29 is 23.6 Å². The number of rotatable bonds is 9. The Bertz CT molecular complexity index is 931. The van der Waals surface area contributed by atoms with E-state index in [4.69, 9.17) is 17.3 Å². The number of carbonyl (C=O) groups is 4. The minimum Gasteiger partial charge on any atom is -0.370 e. The van der Waals surface area contributed by atoms with Crippen molar-refractivity contribution in [1.29, 1.82) is 0 Å². The first kappa shape index (κ1) is 24.1. The van der Waals surface area contributed by atoms with Gasteiger partial charge in [0.05, 0.1) is 6.54 Å². The number of carbonyl (C=O) groups excluding carboxylic acids is 4. The van der Waals surface area contributed by atoms with Crippen molar-refractivity contribution in [2.45, 2.75) is 38.4 Å². The molecule has 0 spiro atoms. The lowest BCUT2D eigenvalue weighted by atomic mass is 10.0. The predicted molar refractivity (Wildman–Crippen MR) is 110 cm³/mol. The van der Waals surface area contributed by atoms with Gasteiger partial charge in [-0.1, -0.05) is 31.5 Å². The molecule has 31 heavy (non-hydrogen) atoms. The van der Waals surface area contributed by atoms with Gasteiger partial charge in [0.1, 0.15) is 17.4 Å². The highest BCUT2D eigenvalue weighted by Crippen LogP contribution is 2.10. The van der Waals surface area contributed by atoms with Gasteiger partial charge in [-0.2, -0.15) is 0 Å². The maximum Gasteiger partial charge on any atom is 0.291 e. The van der Waals surface area contributed by atoms with E-state index in [9.17, 15) is 23.6 Å². The summed E-state index contributed by atoms with van der Waals surface area (Å²) in [6, 6.07) is 4.20. The number of amides is 4. The number of hydrazine groups is 1. The average molecular weight is 455 g/mol. The molecule has 0 radical (unpaired) electrons. The number of nitrogens with one attached hydrogen (secondary N) is 2. The lowest BCUT2D eigenvalue weighted by molar-refractivity contribution is -0.144. The van der Waals surface area contributed by atoms with Crippen LogP contribution in [-0.4, -0.2) is 56.2 Å². The van der Waals surface area contributed by atoms with Crippen LogP contribution in [0.2, 0.25) is 0 Å². The van der Waals surface area contributed by atoms with E-state index in [0.29, 0.717) is 10.7 Å². The van der Waals surface area contributed by atoms with Crippen LogP contribution in [0.5, 0.6) is 0 Å². The molecule has 2 aromatic rings. The number of hydrogen-bond donors (Lipinski definition) is 3. The summed E-state index contributed by atoms with van der Waals surface area (Å²) in [7, 11) is 0. The molecular formula is C19H24ClFN6O4. The zero-order valence-electron chi connectivity index (χ0n) is 17.0. The summed E-state index contributed by atoms with van der Waals surface area (Å²) < 4.78 is 14.9. The number of pyridine rings is 1. The molecule has 168 valence electrons. The molecule has 0 unspecified atom stereocenters. The molecule has 0 saturated heterocycles. The van der Waals surface area contributed by atoms with E-state index < -0.39 is 35.3 Å². The molecule has 0 aliphatic heterocycles. The highest BCUT2D eigenvalue weighted by atomic mass is 35.5. The fourth-order valence-electron chi connectivity index (χ4n) is 2.75. The third kappa shape index (κ3) is 6.92. The smallest absolute Gasteiger partial charge is 0.291 e. The van der Waals surface area contributed by atoms with Crippen LogP contribution in [-0.2, 0) is 14.4 Å². The van der Waals surface area contributed by atoms with Gasteiger partial charge in [0.25, 0.3) is 23.4 Å². The summed E-state index contributed by atoms with van der Waals surface area (Å²) in [6.07, 6.45) is 3.14. The molecule has 0 fully saturated rings. The normalized spacial score (nSPS) is 12.9. The van der Waals surface area contributed by atoms with E-state index in [0.717, 1.165) is 0 Å². The van der Waals surface area contributed by atoms with Crippen molar-refractivity contribution in [3.8, 4) is 0 Å². The van der Waals surface area contributed by atoms with Crippen molar-refractivity contribution in [2.24, 2.45) is 11.7 Å². The van der Waals surface area contributed by atoms with E-state index in [1.807, 2.05) is 13.8 Å². The zero-order valence-corrected chi connectivity index (χ0v) is 17.8. The Hall–Kier alpha value is -3.21. The Kier molecular flexibility index (Phi) is 8.31. The maximum atomic E-state index is 13.3. The lowest BCUT2D eigenvalue weighted by Gasteiger charge is -2.26. The summed E-state index contributed by atoms with van der Waals surface area (Å²) in [4.78, 5) is 52.6. The number of imidazole rings is 1. The lowest BCUT2D eigenvalue weighted by Crippen LogP contribution is -2.56. The van der Waals surface area contributed by atoms with Gasteiger partial charge in [-0.3, -0.25) is 24.6 Å². The van der Waals surface area contributed by atoms with Crippen LogP contribution in [0, 0.1) is 5.92 Å². The van der Waals surface area contributed by atoms with Gasteiger partial charge in [-0.15, -0.1) is 0 Å². The quantitative estimate of drug-likeness (QED) is 0.379. The topological polar surface area (TPSA) is 139 Å². The molecule has 4 N–H and O–H groups in total. The molecule has 0 aliphatic carbocycles. The summed E-state index contributed by atoms with van der Waals surface area (Å²) in [6.45, 7) is 3.30. The predicted octanol–water partition coefficient (Wildman–Crippen LogP) is 0.748. The zero-order chi connectivity index (χ0) is 23.1. The fourth-order valence-corrected chi connectivity index (χ4v) is 2.87. The fraction of sp³-hybridized carbons (Fsp3) is 0.421. The number of primary amides is 1. The summed E-state index contributed by atoms with van der Waals surface area (Å²) in [5.41, 5.74) is 5.49. The number of aromatic nitrogens is 2. The second kappa shape index (κ2) is 10.7. The van der Waals surface area contributed by atoms with Gasteiger partial charge in [0.15, 0.2) is 0 Å². The van der Waals surface area contributed by atoms with Crippen LogP contribution < -0.4 is 16.5 Å². The van der Waals surface area contributed by atoms with Crippen LogP contribution >= 0.6 is 11.6 Å². The second-order valence-corrected chi connectivity index (χ2v) is 7.61. The van der Waals surface area contributed by atoms with Crippen LogP contribution in [0.15, 0.2) is 30.6 Å². The third-order valence-corrected chi connectivity index (χ3v) is 4.39. The standard InChI is InChI=1S/C19H24ClFN6O4/c1-11(2)9-12(18(30)25-27(8-6-14(22)28)19(31)16(20)21)24-17(29)13-10-26-7-4-3-5-15(26)23-13/h3-5,7,10-12,16H,6,8-9H2,1-2H3,(H2,22,28)(H,24,29)(H,25,30)/t12-,16+/m0/s1. The van der Waals surface area contributed by atoms with E-state index in [1.54, 1.807) is 28.8 Å². The molecule has 10 nitrogen and oxygen atoms in total. The Morgan fingerprint density at radius 1 is 1.29 bits per heavy atom. The number of halogens is 2. The Balaban J connectivity index is 2.16. The number of alkyl halides is 2. The molecule has 0 saturated carbocycles. The first-order chi connectivity index (χ1) is 14.6. The van der Waals surface area contributed by atoms with Gasteiger partial charge >= 0.3 is 0 Å². The van der Waals surface area contributed by atoms with Crippen LogP contribution in [0.3, 0.4) is 0 Å². The average Bonchev–Trinajstić information content (AvgIpc) is 3.13. The molecule has 2 aromatic heterocycles. The highest BCUT2D eigenvalue weighted by Gasteiger charge is 2.29. The number of hydrogen-bond acceptors (Lipinski definition) is 5. The number of nitrogens with zero attached hydrogens (tertiary/aromatic N) is 3. The summed E-state index contributed by atoms with van der Waals surface area (Å²) in [5.74, 6) is -3.39. The largest absolute Gasteiger partial charge is 0.370 e. The molecule has 4 amide bonds. The minimum absolute atomic E-state index is 0.00570. The molecule has 2 heterocycles. The summed E-state index contributed by atoms with van der Waals surface area (Å²) in [5, 5.41) is 3.16. The van der Waals surface area contributed by atoms with Gasteiger partial charge in [0.2, 0.25) is 5.91 Å². The van der Waals surface area contributed by atoms with Crippen molar-refractivity contribution in [2.75, 3.05) is 6.54 Å². The van der Waals surface area contributed by atoms with E-state index >= 15 is 0 Å². The molecular weight excluding hydrogens is 431 g/mol. The van der Waals surface area contributed by atoms with E-state index in [2.05, 4.69) is 15.7 Å². The van der Waals surface area contributed by atoms with Crippen LogP contribution in [0.4, 0.5) is 4.39 Å². The van der Waals surface area contributed by atoms with Crippen molar-refractivity contribution >= 4 is 40.9 Å². The Morgan fingerprint density at radius 3 is 2.58 bits per heavy atom. The highest BCUT2D eigenvalue weighted by molar-refractivity contribution is 6.29. The van der Waals surface area contributed by atoms with E-state index in [-0.39, 0.29) is 31.0 Å². The molecule has 2 rings (SSSR count). The van der Waals surface area contributed by atoms with Gasteiger partial charge in [0, 0.05) is 18.8 Å². The Labute approximate surface area is 182 Å². The Morgan fingerprint density at radius 2 is 2.00 bits per heavy atom. The number of nitrogens with two attached hydrogens (primary N) is 1. The van der Waals surface area contributed by atoms with E-state index in [1.165, 1.54) is 6.20 Å². The van der Waals surface area contributed by atoms with Gasteiger partial charge in [-0.25, -0.2) is 14.4 Å². The first-order valence-electron chi connectivity index (χ1n) is 9.51. The SMILES string of the molecule is CC(C)C[C@H](NC(=O)c1cn2ccccc2n1)C(=O)NN(CCC(N)=O)C(=O)[C@@H](F)Cl. The first-order valence-corrected chi connectivity index (χ1v) is 9.95. The molecule has 0 bridgehead atoms. The monoisotopic (exact) mass is 454 g/mol. The molecule has 12 heteroatoms. The second-order valence-electron chi connectivity index (χ2n) is 7.23. The summed E-state index contributed by atoms with van der Waals surface area (Å²) >= 11 is 5.18. The minimum atomic E-state index is -2.43. The van der Waals surface area contributed by atoms with Crippen molar-refractivity contribution in [3.05, 3.63) is 36.3 Å². The molecule has 0 aromatic carbocycles. The van der Waals surface area contributed by atoms with Crippen LogP contribution in [0.1, 0.15) is 37.2 Å². The van der Waals surface area contributed by atoms with Crippen LogP contribution in [0.25, 0.3) is 5.65 Å². The van der Waals surface area contributed by atoms with Gasteiger partial charge in [-0.05, 0) is 24.5 Å². The maximum absolute atomic E-state index is 13.3. The number of fused-ring (bicyclic) bond motifs is 1. The molecule has 0 aliphatic rings.